The second kappa shape index (κ2) is 7.10. The van der Waals surface area contributed by atoms with Gasteiger partial charge in [-0.1, -0.05) is 60.7 Å². The third kappa shape index (κ3) is 2.85. The first-order chi connectivity index (χ1) is 15.6. The van der Waals surface area contributed by atoms with Gasteiger partial charge < -0.3 is 4.90 Å². The molecule has 3 aromatic carbocycles. The molecule has 0 amide bonds. The first kappa shape index (κ1) is 18.9. The number of aromatic amines is 1. The van der Waals surface area contributed by atoms with Gasteiger partial charge in [0.15, 0.2) is 5.65 Å². The van der Waals surface area contributed by atoms with Crippen LogP contribution in [0.15, 0.2) is 77.9 Å². The topological polar surface area (TPSA) is 66.8 Å². The van der Waals surface area contributed by atoms with Crippen molar-refractivity contribution in [2.45, 2.75) is 19.4 Å². The lowest BCUT2D eigenvalue weighted by molar-refractivity contribution is 0.739. The van der Waals surface area contributed by atoms with Gasteiger partial charge in [-0.2, -0.15) is 4.98 Å². The van der Waals surface area contributed by atoms with E-state index in [0.29, 0.717) is 21.6 Å². The molecule has 0 saturated carbocycles. The Morgan fingerprint density at radius 1 is 1.03 bits per heavy atom. The predicted octanol–water partition coefficient (Wildman–Crippen LogP) is 5.07. The van der Waals surface area contributed by atoms with E-state index in [1.165, 1.54) is 5.56 Å². The lowest BCUT2D eigenvalue weighted by Crippen LogP contribution is -2.28. The first-order valence-corrected chi connectivity index (χ1v) is 10.9. The average molecular weight is 438 g/mol. The van der Waals surface area contributed by atoms with Gasteiger partial charge in [0.05, 0.1) is 0 Å². The Bertz CT molecular complexity index is 1640. The molecule has 3 heterocycles. The Morgan fingerprint density at radius 3 is 2.69 bits per heavy atom. The molecule has 0 radical (unpaired) electrons. The molecule has 0 unspecified atom stereocenters. The van der Waals surface area contributed by atoms with Gasteiger partial charge in [0.2, 0.25) is 5.95 Å². The Balaban J connectivity index is 1.50. The number of fused-ring (bicyclic) bond motifs is 3. The Kier molecular flexibility index (Phi) is 4.19. The van der Waals surface area contributed by atoms with E-state index in [2.05, 4.69) is 33.9 Å². The molecule has 32 heavy (non-hydrogen) atoms. The summed E-state index contributed by atoms with van der Waals surface area (Å²) in [5.41, 5.74) is 3.22. The van der Waals surface area contributed by atoms with Crippen molar-refractivity contribution in [2.24, 2.45) is 0 Å². The van der Waals surface area contributed by atoms with Crippen LogP contribution >= 0.6 is 12.2 Å². The number of para-hydroxylation sites is 1. The zero-order valence-corrected chi connectivity index (χ0v) is 18.1. The Morgan fingerprint density at radius 2 is 1.81 bits per heavy atom. The van der Waals surface area contributed by atoms with Crippen molar-refractivity contribution in [1.82, 2.24) is 19.5 Å². The number of hydrogen-bond acceptors (Lipinski definition) is 5. The number of benzene rings is 3. The zero-order valence-electron chi connectivity index (χ0n) is 17.3. The molecule has 0 saturated heterocycles. The largest absolute Gasteiger partial charge is 0.309 e. The zero-order chi connectivity index (χ0) is 21.8. The summed E-state index contributed by atoms with van der Waals surface area (Å²) in [6.07, 6.45) is 2.54. The quantitative estimate of drug-likeness (QED) is 0.391. The normalized spacial score (nSPS) is 15.4. The molecule has 1 aliphatic heterocycles. The van der Waals surface area contributed by atoms with Crippen LogP contribution in [0, 0.1) is 4.64 Å². The molecule has 1 atom stereocenters. The fraction of sp³-hybridized carbons (Fsp3) is 0.120. The highest BCUT2D eigenvalue weighted by Crippen LogP contribution is 2.36. The molecular formula is C25H19N5OS. The number of aromatic nitrogens is 4. The molecular weight excluding hydrogens is 418 g/mol. The maximum Gasteiger partial charge on any atom is 0.264 e. The van der Waals surface area contributed by atoms with Gasteiger partial charge in [0, 0.05) is 17.4 Å². The second-order valence-corrected chi connectivity index (χ2v) is 8.48. The number of hydrogen-bond donors (Lipinski definition) is 1. The van der Waals surface area contributed by atoms with E-state index in [9.17, 15) is 4.79 Å². The van der Waals surface area contributed by atoms with Crippen molar-refractivity contribution >= 4 is 45.7 Å². The smallest absolute Gasteiger partial charge is 0.264 e. The van der Waals surface area contributed by atoms with E-state index < -0.39 is 0 Å². The average Bonchev–Trinajstić information content (AvgIpc) is 3.14. The standard InChI is InChI=1S/C25H19N5OS/c1-15-12-18-8-4-5-9-20(18)30(15)25-27-22-21(23(31)28-25)24(32)29(14-26-22)19-11-10-16-6-2-3-7-17(16)13-19/h2-11,13-15H,12H2,1H3,(H,27,28,31)/t15-/m1/s1. The highest BCUT2D eigenvalue weighted by Gasteiger charge is 2.29. The summed E-state index contributed by atoms with van der Waals surface area (Å²) < 4.78 is 2.15. The molecule has 2 aromatic heterocycles. The monoisotopic (exact) mass is 437 g/mol. The maximum absolute atomic E-state index is 13.1. The Hall–Kier alpha value is -3.84. The minimum absolute atomic E-state index is 0.183. The molecule has 5 aromatic rings. The molecule has 1 N–H and O–H groups in total. The molecule has 156 valence electrons. The van der Waals surface area contributed by atoms with Crippen LogP contribution in [0.5, 0.6) is 0 Å². The van der Waals surface area contributed by atoms with E-state index in [0.717, 1.165) is 28.6 Å². The number of nitrogens with one attached hydrogen (secondary N) is 1. The summed E-state index contributed by atoms with van der Waals surface area (Å²) in [5, 5.41) is 2.55. The van der Waals surface area contributed by atoms with E-state index in [4.69, 9.17) is 17.2 Å². The number of anilines is 2. The van der Waals surface area contributed by atoms with E-state index in [1.807, 2.05) is 54.6 Å². The summed E-state index contributed by atoms with van der Waals surface area (Å²) >= 11 is 5.70. The predicted molar refractivity (Wildman–Crippen MR) is 130 cm³/mol. The van der Waals surface area contributed by atoms with Gasteiger partial charge >= 0.3 is 0 Å². The third-order valence-corrected chi connectivity index (χ3v) is 6.46. The van der Waals surface area contributed by atoms with Crippen LogP contribution in [-0.4, -0.2) is 25.6 Å². The molecule has 1 aliphatic rings. The molecule has 0 bridgehead atoms. The number of nitrogens with zero attached hydrogens (tertiary/aromatic N) is 4. The summed E-state index contributed by atoms with van der Waals surface area (Å²) in [7, 11) is 0. The lowest BCUT2D eigenvalue weighted by Gasteiger charge is -2.23. The molecule has 6 nitrogen and oxygen atoms in total. The maximum atomic E-state index is 13.1. The van der Waals surface area contributed by atoms with E-state index in [-0.39, 0.29) is 11.6 Å². The van der Waals surface area contributed by atoms with Gasteiger partial charge in [-0.05, 0) is 47.9 Å². The first-order valence-electron chi connectivity index (χ1n) is 10.5. The molecule has 0 spiro atoms. The molecule has 7 heteroatoms. The minimum atomic E-state index is -0.283. The van der Waals surface area contributed by atoms with E-state index >= 15 is 0 Å². The van der Waals surface area contributed by atoms with Gasteiger partial charge in [0.1, 0.15) is 16.4 Å². The van der Waals surface area contributed by atoms with Gasteiger partial charge in [0.25, 0.3) is 5.56 Å². The third-order valence-electron chi connectivity index (χ3n) is 6.06. The molecule has 0 aliphatic carbocycles. The fourth-order valence-corrected chi connectivity index (χ4v) is 4.87. The van der Waals surface area contributed by atoms with Crippen molar-refractivity contribution in [1.29, 1.82) is 0 Å². The van der Waals surface area contributed by atoms with Crippen LogP contribution in [0.4, 0.5) is 11.6 Å². The van der Waals surface area contributed by atoms with Gasteiger partial charge in [-0.25, -0.2) is 4.98 Å². The minimum Gasteiger partial charge on any atom is -0.309 e. The summed E-state index contributed by atoms with van der Waals surface area (Å²) in [6.45, 7) is 2.12. The van der Waals surface area contributed by atoms with E-state index in [1.54, 1.807) is 10.9 Å². The SMILES string of the molecule is C[C@@H]1Cc2ccccc2N1c1nc2ncn(-c3ccc4ccccc4c3)c(=S)c2c(=O)[nH]1. The number of rotatable bonds is 2. The fourth-order valence-electron chi connectivity index (χ4n) is 4.53. The molecule has 0 fully saturated rings. The van der Waals surface area contributed by atoms with Crippen molar-refractivity contribution < 1.29 is 0 Å². The Labute approximate surface area is 188 Å². The van der Waals surface area contributed by atoms with Crippen molar-refractivity contribution in [3.63, 3.8) is 0 Å². The highest BCUT2D eigenvalue weighted by atomic mass is 32.1. The van der Waals surface area contributed by atoms with Crippen LogP contribution < -0.4 is 10.5 Å². The van der Waals surface area contributed by atoms with Crippen molar-refractivity contribution in [3.05, 3.63) is 93.6 Å². The van der Waals surface area contributed by atoms with Crippen LogP contribution in [0.2, 0.25) is 0 Å². The van der Waals surface area contributed by atoms with Crippen LogP contribution in [0.25, 0.3) is 27.5 Å². The van der Waals surface area contributed by atoms with Crippen LogP contribution in [0.1, 0.15) is 12.5 Å². The number of H-pyrrole nitrogens is 1. The van der Waals surface area contributed by atoms with Gasteiger partial charge in [-0.15, -0.1) is 0 Å². The van der Waals surface area contributed by atoms with Crippen LogP contribution in [-0.2, 0) is 6.42 Å². The van der Waals surface area contributed by atoms with Crippen LogP contribution in [0.3, 0.4) is 0 Å². The van der Waals surface area contributed by atoms with Crippen molar-refractivity contribution in [2.75, 3.05) is 4.90 Å². The second-order valence-electron chi connectivity index (χ2n) is 8.09. The van der Waals surface area contributed by atoms with Crippen molar-refractivity contribution in [3.8, 4) is 5.69 Å². The van der Waals surface area contributed by atoms with Gasteiger partial charge in [-0.3, -0.25) is 14.3 Å². The lowest BCUT2D eigenvalue weighted by atomic mass is 10.1. The summed E-state index contributed by atoms with van der Waals surface area (Å²) in [4.78, 5) is 27.4. The highest BCUT2D eigenvalue weighted by molar-refractivity contribution is 7.71. The molecule has 6 rings (SSSR count). The summed E-state index contributed by atoms with van der Waals surface area (Å²) in [6, 6.07) is 22.5. The summed E-state index contributed by atoms with van der Waals surface area (Å²) in [5.74, 6) is 0.491.